The van der Waals surface area contributed by atoms with Crippen molar-refractivity contribution in [2.24, 2.45) is 4.99 Å². The Morgan fingerprint density at radius 2 is 2.36 bits per heavy atom. The lowest BCUT2D eigenvalue weighted by molar-refractivity contribution is -0.133. The summed E-state index contributed by atoms with van der Waals surface area (Å²) in [4.78, 5) is 15.7. The molecular weight excluding hydrogens is 198 g/mol. The van der Waals surface area contributed by atoms with E-state index in [4.69, 9.17) is 0 Å². The van der Waals surface area contributed by atoms with Crippen LogP contribution in [0, 0.1) is 0 Å². The van der Waals surface area contributed by atoms with Gasteiger partial charge in [0, 0.05) is 13.5 Å². The third-order valence-corrected chi connectivity index (χ3v) is 3.35. The second kappa shape index (κ2) is 5.24. The molecule has 1 unspecified atom stereocenters. The molecule has 1 saturated heterocycles. The van der Waals surface area contributed by atoms with Crippen molar-refractivity contribution in [3.63, 3.8) is 0 Å². The summed E-state index contributed by atoms with van der Waals surface area (Å²) in [7, 11) is 1.73. The van der Waals surface area contributed by atoms with Gasteiger partial charge in [-0.3, -0.25) is 15.2 Å². The minimum Gasteiger partial charge on any atom is -0.273 e. The number of rotatable bonds is 3. The zero-order valence-electron chi connectivity index (χ0n) is 8.91. The molecule has 1 N–H and O–H groups in total. The van der Waals surface area contributed by atoms with Crippen LogP contribution in [0.3, 0.4) is 0 Å². The molecule has 0 bridgehead atoms. The van der Waals surface area contributed by atoms with Crippen LogP contribution in [0.2, 0.25) is 0 Å². The number of carbonyl (C=O) groups is 1. The number of nitrogens with zero attached hydrogens (tertiary/aromatic N) is 2. The molecule has 14 heavy (non-hydrogen) atoms. The smallest absolute Gasteiger partial charge is 0.242 e. The van der Waals surface area contributed by atoms with Crippen molar-refractivity contribution in [1.29, 1.82) is 0 Å². The Kier molecular flexibility index (Phi) is 4.25. The summed E-state index contributed by atoms with van der Waals surface area (Å²) < 4.78 is 0. The monoisotopic (exact) mass is 215 g/mol. The van der Waals surface area contributed by atoms with Crippen LogP contribution >= 0.6 is 11.8 Å². The maximum Gasteiger partial charge on any atom is 0.242 e. The highest BCUT2D eigenvalue weighted by Gasteiger charge is 2.31. The molecule has 0 aromatic rings. The van der Waals surface area contributed by atoms with Crippen molar-refractivity contribution in [3.8, 4) is 0 Å². The molecular formula is C9H17N3OS. The minimum absolute atomic E-state index is 0.158. The molecule has 0 aliphatic carbocycles. The standard InChI is InChI=1S/C9H17N3OS/c1-4-6-7(13)12-8(5-2)14-9(10-3)11-12/h8H,4-6H2,1-3H3,(H,10,11). The summed E-state index contributed by atoms with van der Waals surface area (Å²) in [6.07, 6.45) is 2.42. The molecule has 0 saturated carbocycles. The van der Waals surface area contributed by atoms with E-state index >= 15 is 0 Å². The van der Waals surface area contributed by atoms with Gasteiger partial charge in [0.1, 0.15) is 5.37 Å². The van der Waals surface area contributed by atoms with Gasteiger partial charge in [-0.2, -0.15) is 0 Å². The van der Waals surface area contributed by atoms with Crippen molar-refractivity contribution in [3.05, 3.63) is 0 Å². The highest BCUT2D eigenvalue weighted by atomic mass is 32.2. The van der Waals surface area contributed by atoms with E-state index in [1.165, 1.54) is 0 Å². The lowest BCUT2D eigenvalue weighted by Crippen LogP contribution is -2.42. The van der Waals surface area contributed by atoms with Crippen LogP contribution in [0.25, 0.3) is 0 Å². The topological polar surface area (TPSA) is 44.7 Å². The molecule has 1 amide bonds. The fourth-order valence-electron chi connectivity index (χ4n) is 1.31. The Morgan fingerprint density at radius 3 is 2.86 bits per heavy atom. The van der Waals surface area contributed by atoms with Gasteiger partial charge in [0.25, 0.3) is 0 Å². The predicted octanol–water partition coefficient (Wildman–Crippen LogP) is 1.59. The summed E-state index contributed by atoms with van der Waals surface area (Å²) in [6, 6.07) is 0. The van der Waals surface area contributed by atoms with E-state index in [0.717, 1.165) is 18.0 Å². The number of carbonyl (C=O) groups excluding carboxylic acids is 1. The number of hydrogen-bond acceptors (Lipinski definition) is 3. The Labute approximate surface area is 89.1 Å². The van der Waals surface area contributed by atoms with Gasteiger partial charge < -0.3 is 0 Å². The molecule has 4 nitrogen and oxygen atoms in total. The molecule has 1 fully saturated rings. The fourth-order valence-corrected chi connectivity index (χ4v) is 2.27. The zero-order chi connectivity index (χ0) is 10.6. The molecule has 0 aromatic heterocycles. The van der Waals surface area contributed by atoms with E-state index in [0.29, 0.717) is 6.42 Å². The molecule has 0 radical (unpaired) electrons. The first kappa shape index (κ1) is 11.4. The van der Waals surface area contributed by atoms with Gasteiger partial charge in [0.05, 0.1) is 0 Å². The van der Waals surface area contributed by atoms with Crippen LogP contribution in [-0.2, 0) is 4.79 Å². The predicted molar refractivity (Wildman–Crippen MR) is 59.9 cm³/mol. The molecule has 1 atom stereocenters. The normalized spacial score (nSPS) is 24.1. The largest absolute Gasteiger partial charge is 0.273 e. The number of aliphatic imine (C=N–C) groups is 1. The van der Waals surface area contributed by atoms with Gasteiger partial charge >= 0.3 is 0 Å². The SMILES string of the molecule is CCCC(=O)N1NC(=NC)SC1CC. The fraction of sp³-hybridized carbons (Fsp3) is 0.778. The highest BCUT2D eigenvalue weighted by molar-refractivity contribution is 8.14. The summed E-state index contributed by atoms with van der Waals surface area (Å²) in [5.41, 5.74) is 3.02. The quantitative estimate of drug-likeness (QED) is 0.777. The summed E-state index contributed by atoms with van der Waals surface area (Å²) in [6.45, 7) is 4.08. The van der Waals surface area contributed by atoms with Gasteiger partial charge in [-0.1, -0.05) is 25.6 Å². The first-order chi connectivity index (χ1) is 6.72. The molecule has 1 aliphatic rings. The Morgan fingerprint density at radius 1 is 1.64 bits per heavy atom. The Hall–Kier alpha value is -0.710. The number of hydrogen-bond donors (Lipinski definition) is 1. The summed E-state index contributed by atoms with van der Waals surface area (Å²) in [5.74, 6) is 0.158. The summed E-state index contributed by atoms with van der Waals surface area (Å²) >= 11 is 1.62. The number of thioether (sulfide) groups is 1. The number of amides is 1. The molecule has 1 aliphatic heterocycles. The molecule has 1 rings (SSSR count). The van der Waals surface area contributed by atoms with Crippen molar-refractivity contribution < 1.29 is 4.79 Å². The van der Waals surface area contributed by atoms with E-state index in [2.05, 4.69) is 17.3 Å². The second-order valence-electron chi connectivity index (χ2n) is 3.14. The van der Waals surface area contributed by atoms with Gasteiger partial charge in [0.15, 0.2) is 5.17 Å². The van der Waals surface area contributed by atoms with E-state index in [1.807, 2.05) is 6.92 Å². The van der Waals surface area contributed by atoms with E-state index in [9.17, 15) is 4.79 Å². The second-order valence-corrected chi connectivity index (χ2v) is 4.30. The number of amidine groups is 1. The van der Waals surface area contributed by atoms with Crippen LogP contribution in [0.4, 0.5) is 0 Å². The minimum atomic E-state index is 0.158. The number of nitrogens with one attached hydrogen (secondary N) is 1. The Bertz CT molecular complexity index is 242. The zero-order valence-corrected chi connectivity index (χ0v) is 9.73. The average molecular weight is 215 g/mol. The van der Waals surface area contributed by atoms with Crippen molar-refractivity contribution >= 4 is 22.8 Å². The van der Waals surface area contributed by atoms with Crippen LogP contribution < -0.4 is 5.43 Å². The lowest BCUT2D eigenvalue weighted by Gasteiger charge is -2.21. The number of hydrazine groups is 1. The van der Waals surface area contributed by atoms with Crippen LogP contribution in [0.1, 0.15) is 33.1 Å². The molecule has 0 spiro atoms. The average Bonchev–Trinajstić information content (AvgIpc) is 2.61. The van der Waals surface area contributed by atoms with Gasteiger partial charge in [-0.15, -0.1) is 0 Å². The first-order valence-corrected chi connectivity index (χ1v) is 5.83. The van der Waals surface area contributed by atoms with E-state index in [-0.39, 0.29) is 11.3 Å². The molecule has 80 valence electrons. The lowest BCUT2D eigenvalue weighted by atomic mass is 10.3. The van der Waals surface area contributed by atoms with E-state index < -0.39 is 0 Å². The summed E-state index contributed by atoms with van der Waals surface area (Å²) in [5, 5.41) is 2.74. The van der Waals surface area contributed by atoms with Gasteiger partial charge in [-0.05, 0) is 12.8 Å². The van der Waals surface area contributed by atoms with Crippen molar-refractivity contribution in [2.45, 2.75) is 38.5 Å². The highest BCUT2D eigenvalue weighted by Crippen LogP contribution is 2.25. The van der Waals surface area contributed by atoms with Crippen LogP contribution in [-0.4, -0.2) is 28.5 Å². The van der Waals surface area contributed by atoms with E-state index in [1.54, 1.807) is 23.8 Å². The van der Waals surface area contributed by atoms with Gasteiger partial charge in [-0.25, -0.2) is 5.01 Å². The molecule has 0 aromatic carbocycles. The Balaban J connectivity index is 2.63. The van der Waals surface area contributed by atoms with Gasteiger partial charge in [0.2, 0.25) is 5.91 Å². The molecule has 5 heteroatoms. The molecule has 1 heterocycles. The maximum atomic E-state index is 11.7. The maximum absolute atomic E-state index is 11.7. The van der Waals surface area contributed by atoms with Crippen LogP contribution in [0.15, 0.2) is 4.99 Å². The van der Waals surface area contributed by atoms with Crippen molar-refractivity contribution in [2.75, 3.05) is 7.05 Å². The third kappa shape index (κ3) is 2.41. The van der Waals surface area contributed by atoms with Crippen LogP contribution in [0.5, 0.6) is 0 Å². The third-order valence-electron chi connectivity index (χ3n) is 2.04. The van der Waals surface area contributed by atoms with Crippen molar-refractivity contribution in [1.82, 2.24) is 10.4 Å². The first-order valence-electron chi connectivity index (χ1n) is 4.95.